The lowest BCUT2D eigenvalue weighted by Gasteiger charge is -2.03. The van der Waals surface area contributed by atoms with Gasteiger partial charge in [-0.2, -0.15) is 0 Å². The zero-order valence-corrected chi connectivity index (χ0v) is 7.53. The fraction of sp³-hybridized carbons (Fsp3) is 0.375. The highest BCUT2D eigenvalue weighted by molar-refractivity contribution is 5.69. The maximum atomic E-state index is 11.1. The Morgan fingerprint density at radius 3 is 2.71 bits per heavy atom. The summed E-state index contributed by atoms with van der Waals surface area (Å²) in [6, 6.07) is 0. The number of aliphatic carboxylic acids is 1. The van der Waals surface area contributed by atoms with E-state index in [9.17, 15) is 14.4 Å². The van der Waals surface area contributed by atoms with E-state index < -0.39 is 23.1 Å². The van der Waals surface area contributed by atoms with E-state index in [2.05, 4.69) is 4.98 Å². The Balaban J connectivity index is 2.93. The van der Waals surface area contributed by atoms with Gasteiger partial charge in [0.05, 0.1) is 5.92 Å². The quantitative estimate of drug-likeness (QED) is 0.599. The van der Waals surface area contributed by atoms with Crippen molar-refractivity contribution in [3.05, 3.63) is 32.6 Å². The SMILES string of the molecule is CC(Cc1c[nH]c(=O)[nH]c1=O)C(=O)O. The second kappa shape index (κ2) is 3.91. The van der Waals surface area contributed by atoms with Crippen LogP contribution in [0.25, 0.3) is 0 Å². The molecule has 0 aliphatic rings. The number of carbonyl (C=O) groups is 1. The van der Waals surface area contributed by atoms with E-state index in [1.54, 1.807) is 0 Å². The minimum absolute atomic E-state index is 0.0987. The average molecular weight is 198 g/mol. The van der Waals surface area contributed by atoms with Crippen molar-refractivity contribution in [2.24, 2.45) is 5.92 Å². The molecule has 1 unspecified atom stereocenters. The molecule has 6 nitrogen and oxygen atoms in total. The molecule has 76 valence electrons. The summed E-state index contributed by atoms with van der Waals surface area (Å²) in [4.78, 5) is 36.6. The van der Waals surface area contributed by atoms with Crippen LogP contribution in [-0.4, -0.2) is 21.0 Å². The molecule has 0 fully saturated rings. The topological polar surface area (TPSA) is 103 Å². The van der Waals surface area contributed by atoms with Crippen LogP contribution in [-0.2, 0) is 11.2 Å². The summed E-state index contributed by atoms with van der Waals surface area (Å²) in [5.41, 5.74) is -0.872. The number of nitrogens with one attached hydrogen (secondary N) is 2. The van der Waals surface area contributed by atoms with Crippen LogP contribution in [0.4, 0.5) is 0 Å². The zero-order chi connectivity index (χ0) is 10.7. The lowest BCUT2D eigenvalue weighted by molar-refractivity contribution is -0.141. The molecule has 3 N–H and O–H groups in total. The molecule has 0 radical (unpaired) electrons. The normalized spacial score (nSPS) is 12.4. The largest absolute Gasteiger partial charge is 0.481 e. The maximum absolute atomic E-state index is 11.1. The molecule has 0 spiro atoms. The summed E-state index contributed by atoms with van der Waals surface area (Å²) in [6.45, 7) is 1.49. The van der Waals surface area contributed by atoms with Crippen LogP contribution in [0.15, 0.2) is 15.8 Å². The van der Waals surface area contributed by atoms with Gasteiger partial charge in [0, 0.05) is 11.8 Å². The van der Waals surface area contributed by atoms with E-state index in [0.29, 0.717) is 0 Å². The lowest BCUT2D eigenvalue weighted by atomic mass is 10.0. The number of hydrogen-bond acceptors (Lipinski definition) is 3. The van der Waals surface area contributed by atoms with Crippen LogP contribution < -0.4 is 11.2 Å². The van der Waals surface area contributed by atoms with Gasteiger partial charge < -0.3 is 10.1 Å². The molecule has 0 aliphatic heterocycles. The van der Waals surface area contributed by atoms with Crippen molar-refractivity contribution < 1.29 is 9.90 Å². The highest BCUT2D eigenvalue weighted by Crippen LogP contribution is 2.01. The first-order chi connectivity index (χ1) is 6.50. The Hall–Kier alpha value is -1.85. The molecule has 0 saturated carbocycles. The Labute approximate surface area is 78.6 Å². The Kier molecular flexibility index (Phi) is 2.85. The van der Waals surface area contributed by atoms with E-state index in [4.69, 9.17) is 5.11 Å². The van der Waals surface area contributed by atoms with Gasteiger partial charge in [-0.25, -0.2) is 4.79 Å². The molecule has 14 heavy (non-hydrogen) atoms. The second-order valence-corrected chi connectivity index (χ2v) is 3.04. The number of carboxylic acids is 1. The van der Waals surface area contributed by atoms with Gasteiger partial charge in [-0.05, 0) is 6.42 Å². The maximum Gasteiger partial charge on any atom is 0.325 e. The molecule has 1 rings (SSSR count). The van der Waals surface area contributed by atoms with E-state index in [1.807, 2.05) is 4.98 Å². The molecule has 0 amide bonds. The summed E-state index contributed by atoms with van der Waals surface area (Å²) in [5, 5.41) is 8.60. The number of hydrogen-bond donors (Lipinski definition) is 3. The van der Waals surface area contributed by atoms with Crippen molar-refractivity contribution in [1.82, 2.24) is 9.97 Å². The molecule has 0 saturated heterocycles. The van der Waals surface area contributed by atoms with Crippen molar-refractivity contribution in [2.75, 3.05) is 0 Å². The molecule has 6 heteroatoms. The molecule has 1 aromatic heterocycles. The first-order valence-electron chi connectivity index (χ1n) is 4.04. The van der Waals surface area contributed by atoms with Crippen LogP contribution in [0, 0.1) is 5.92 Å². The highest BCUT2D eigenvalue weighted by atomic mass is 16.4. The van der Waals surface area contributed by atoms with Crippen LogP contribution >= 0.6 is 0 Å². The zero-order valence-electron chi connectivity index (χ0n) is 7.53. The van der Waals surface area contributed by atoms with E-state index in [1.165, 1.54) is 13.1 Å². The Morgan fingerprint density at radius 1 is 1.57 bits per heavy atom. The van der Waals surface area contributed by atoms with Crippen LogP contribution in [0.3, 0.4) is 0 Å². The van der Waals surface area contributed by atoms with Gasteiger partial charge in [0.15, 0.2) is 0 Å². The van der Waals surface area contributed by atoms with Crippen LogP contribution in [0.1, 0.15) is 12.5 Å². The van der Waals surface area contributed by atoms with Gasteiger partial charge in [-0.15, -0.1) is 0 Å². The van der Waals surface area contributed by atoms with Crippen molar-refractivity contribution in [1.29, 1.82) is 0 Å². The third-order valence-electron chi connectivity index (χ3n) is 1.84. The van der Waals surface area contributed by atoms with E-state index in [-0.39, 0.29) is 12.0 Å². The van der Waals surface area contributed by atoms with Crippen LogP contribution in [0.2, 0.25) is 0 Å². The van der Waals surface area contributed by atoms with E-state index >= 15 is 0 Å². The summed E-state index contributed by atoms with van der Waals surface area (Å²) in [5.74, 6) is -1.63. The predicted molar refractivity (Wildman–Crippen MR) is 48.2 cm³/mol. The predicted octanol–water partition coefficient (Wildman–Crippen LogP) is -0.674. The molecule has 1 aromatic rings. The molecular weight excluding hydrogens is 188 g/mol. The van der Waals surface area contributed by atoms with Gasteiger partial charge in [0.25, 0.3) is 5.56 Å². The molecule has 0 bridgehead atoms. The van der Waals surface area contributed by atoms with Gasteiger partial charge in [-0.1, -0.05) is 6.92 Å². The highest BCUT2D eigenvalue weighted by Gasteiger charge is 2.13. The molecule has 0 aromatic carbocycles. The van der Waals surface area contributed by atoms with Crippen molar-refractivity contribution in [2.45, 2.75) is 13.3 Å². The lowest BCUT2D eigenvalue weighted by Crippen LogP contribution is -2.26. The molecule has 0 aliphatic carbocycles. The average Bonchev–Trinajstić information content (AvgIpc) is 2.09. The minimum atomic E-state index is -0.976. The molecule has 1 heterocycles. The monoisotopic (exact) mass is 198 g/mol. The smallest absolute Gasteiger partial charge is 0.325 e. The van der Waals surface area contributed by atoms with Gasteiger partial charge in [0.2, 0.25) is 0 Å². The summed E-state index contributed by atoms with van der Waals surface area (Å²) in [7, 11) is 0. The fourth-order valence-electron chi connectivity index (χ4n) is 1.01. The van der Waals surface area contributed by atoms with Crippen molar-refractivity contribution in [3.8, 4) is 0 Å². The molecule has 1 atom stereocenters. The number of H-pyrrole nitrogens is 2. The minimum Gasteiger partial charge on any atom is -0.481 e. The van der Waals surface area contributed by atoms with Gasteiger partial charge >= 0.3 is 11.7 Å². The van der Waals surface area contributed by atoms with Crippen LogP contribution in [0.5, 0.6) is 0 Å². The second-order valence-electron chi connectivity index (χ2n) is 3.04. The third-order valence-corrected chi connectivity index (χ3v) is 1.84. The van der Waals surface area contributed by atoms with Gasteiger partial charge in [-0.3, -0.25) is 14.6 Å². The van der Waals surface area contributed by atoms with Crippen molar-refractivity contribution in [3.63, 3.8) is 0 Å². The summed E-state index contributed by atoms with van der Waals surface area (Å²) < 4.78 is 0. The third kappa shape index (κ3) is 2.32. The standard InChI is InChI=1S/C8H10N2O4/c1-4(7(12)13)2-5-3-9-8(14)10-6(5)11/h3-4H,2H2,1H3,(H,12,13)(H2,9,10,11,14). The Bertz CT molecular complexity index is 445. The number of aromatic amines is 2. The summed E-state index contributed by atoms with van der Waals surface area (Å²) >= 11 is 0. The number of rotatable bonds is 3. The molecular formula is C8H10N2O4. The number of carboxylic acid groups (broad SMARTS) is 1. The number of aromatic nitrogens is 2. The summed E-state index contributed by atoms with van der Waals surface area (Å²) in [6.07, 6.45) is 1.34. The van der Waals surface area contributed by atoms with Crippen molar-refractivity contribution >= 4 is 5.97 Å². The first-order valence-corrected chi connectivity index (χ1v) is 4.04. The Morgan fingerprint density at radius 2 is 2.21 bits per heavy atom. The van der Waals surface area contributed by atoms with E-state index in [0.717, 1.165) is 0 Å². The van der Waals surface area contributed by atoms with Gasteiger partial charge in [0.1, 0.15) is 0 Å². The fourth-order valence-corrected chi connectivity index (χ4v) is 1.01. The first kappa shape index (κ1) is 10.2.